The summed E-state index contributed by atoms with van der Waals surface area (Å²) in [6.45, 7) is 2.28. The highest BCUT2D eigenvalue weighted by molar-refractivity contribution is 7.99. The number of rotatable bonds is 7. The van der Waals surface area contributed by atoms with Crippen LogP contribution in [0.3, 0.4) is 0 Å². The van der Waals surface area contributed by atoms with Gasteiger partial charge in [0.05, 0.1) is 13.7 Å². The summed E-state index contributed by atoms with van der Waals surface area (Å²) in [6, 6.07) is 7.92. The molecule has 0 fully saturated rings. The van der Waals surface area contributed by atoms with Crippen molar-refractivity contribution in [1.29, 1.82) is 0 Å². The first-order chi connectivity index (χ1) is 8.26. The molecule has 0 aliphatic carbocycles. The summed E-state index contributed by atoms with van der Waals surface area (Å²) in [5.41, 5.74) is 0. The lowest BCUT2D eigenvalue weighted by atomic mass is 10.3. The molecule has 0 saturated carbocycles. The summed E-state index contributed by atoms with van der Waals surface area (Å²) >= 11 is 1.72. The number of hydrogen-bond donors (Lipinski definition) is 0. The molecular weight excluding hydrogens is 236 g/mol. The van der Waals surface area contributed by atoms with Crippen LogP contribution in [0.1, 0.15) is 19.8 Å². The van der Waals surface area contributed by atoms with Crippen LogP contribution in [0.15, 0.2) is 29.2 Å². The van der Waals surface area contributed by atoms with Gasteiger partial charge >= 0.3 is 5.97 Å². The van der Waals surface area contributed by atoms with Crippen LogP contribution in [0.25, 0.3) is 0 Å². The molecule has 0 saturated heterocycles. The minimum absolute atomic E-state index is 0.112. The average molecular weight is 254 g/mol. The van der Waals surface area contributed by atoms with Crippen LogP contribution in [-0.4, -0.2) is 25.4 Å². The third-order valence-corrected chi connectivity index (χ3v) is 3.22. The van der Waals surface area contributed by atoms with Gasteiger partial charge in [-0.2, -0.15) is 0 Å². The number of methoxy groups -OCH3 is 1. The van der Waals surface area contributed by atoms with Crippen molar-refractivity contribution in [1.82, 2.24) is 0 Å². The van der Waals surface area contributed by atoms with Crippen LogP contribution >= 0.6 is 11.8 Å². The van der Waals surface area contributed by atoms with Gasteiger partial charge in [-0.3, -0.25) is 4.79 Å². The molecule has 0 N–H and O–H groups in total. The Morgan fingerprint density at radius 2 is 2.24 bits per heavy atom. The van der Waals surface area contributed by atoms with Crippen LogP contribution in [0.2, 0.25) is 0 Å². The molecule has 0 bridgehead atoms. The Bertz CT molecular complexity index is 352. The molecule has 0 aliphatic rings. The summed E-state index contributed by atoms with van der Waals surface area (Å²) in [5.74, 6) is 1.66. The van der Waals surface area contributed by atoms with Crippen LogP contribution < -0.4 is 4.74 Å². The van der Waals surface area contributed by atoms with Gasteiger partial charge in [0.15, 0.2) is 0 Å². The first kappa shape index (κ1) is 13.9. The van der Waals surface area contributed by atoms with Gasteiger partial charge < -0.3 is 9.47 Å². The van der Waals surface area contributed by atoms with Crippen molar-refractivity contribution in [2.24, 2.45) is 0 Å². The third-order valence-electron chi connectivity index (χ3n) is 2.14. The molecule has 0 spiro atoms. The lowest BCUT2D eigenvalue weighted by molar-refractivity contribution is -0.143. The minimum Gasteiger partial charge on any atom is -0.497 e. The van der Waals surface area contributed by atoms with E-state index in [1.54, 1.807) is 18.9 Å². The van der Waals surface area contributed by atoms with Crippen molar-refractivity contribution in [3.05, 3.63) is 24.3 Å². The highest BCUT2D eigenvalue weighted by Gasteiger charge is 2.02. The highest BCUT2D eigenvalue weighted by Crippen LogP contribution is 2.23. The van der Waals surface area contributed by atoms with Crippen LogP contribution in [0, 0.1) is 0 Å². The summed E-state index contributed by atoms with van der Waals surface area (Å²) < 4.78 is 10.0. The normalized spacial score (nSPS) is 10.0. The molecule has 1 aromatic carbocycles. The van der Waals surface area contributed by atoms with Crippen molar-refractivity contribution in [3.63, 3.8) is 0 Å². The van der Waals surface area contributed by atoms with E-state index in [2.05, 4.69) is 0 Å². The molecule has 0 heterocycles. The van der Waals surface area contributed by atoms with E-state index in [4.69, 9.17) is 9.47 Å². The van der Waals surface area contributed by atoms with E-state index in [1.165, 1.54) is 0 Å². The standard InChI is InChI=1S/C13H18O3S/c1-3-16-13(14)8-5-9-17-12-7-4-6-11(10-12)15-2/h4,6-7,10H,3,5,8-9H2,1-2H3. The fraction of sp³-hybridized carbons (Fsp3) is 0.462. The van der Waals surface area contributed by atoms with E-state index >= 15 is 0 Å². The molecule has 1 aromatic rings. The molecule has 4 heteroatoms. The number of esters is 1. The largest absolute Gasteiger partial charge is 0.497 e. The predicted molar refractivity (Wildman–Crippen MR) is 69.6 cm³/mol. The summed E-state index contributed by atoms with van der Waals surface area (Å²) in [6.07, 6.45) is 1.32. The fourth-order valence-corrected chi connectivity index (χ4v) is 2.23. The SMILES string of the molecule is CCOC(=O)CCCSc1cccc(OC)c1. The van der Waals surface area contributed by atoms with Crippen molar-refractivity contribution < 1.29 is 14.3 Å². The molecule has 1 rings (SSSR count). The van der Waals surface area contributed by atoms with Crippen LogP contribution in [0.4, 0.5) is 0 Å². The molecule has 0 aliphatic heterocycles. The van der Waals surface area contributed by atoms with Gasteiger partial charge in [-0.05, 0) is 37.3 Å². The molecular formula is C13H18O3S. The second-order valence-electron chi connectivity index (χ2n) is 3.44. The lowest BCUT2D eigenvalue weighted by Gasteiger charge is -2.04. The van der Waals surface area contributed by atoms with Gasteiger partial charge in [-0.25, -0.2) is 0 Å². The molecule has 0 radical (unpaired) electrons. The molecule has 0 amide bonds. The predicted octanol–water partition coefficient (Wildman–Crippen LogP) is 3.13. The van der Waals surface area contributed by atoms with E-state index in [0.717, 1.165) is 22.8 Å². The monoisotopic (exact) mass is 254 g/mol. The second-order valence-corrected chi connectivity index (χ2v) is 4.60. The Balaban J connectivity index is 2.24. The Kier molecular flexibility index (Phi) is 6.55. The maximum atomic E-state index is 11.1. The summed E-state index contributed by atoms with van der Waals surface area (Å²) in [5, 5.41) is 0. The second kappa shape index (κ2) is 8.01. The number of ether oxygens (including phenoxy) is 2. The van der Waals surface area contributed by atoms with E-state index in [-0.39, 0.29) is 5.97 Å². The third kappa shape index (κ3) is 5.63. The fourth-order valence-electron chi connectivity index (χ4n) is 1.33. The summed E-state index contributed by atoms with van der Waals surface area (Å²) in [7, 11) is 1.66. The maximum Gasteiger partial charge on any atom is 0.305 e. The van der Waals surface area contributed by atoms with Crippen molar-refractivity contribution in [2.75, 3.05) is 19.5 Å². The Morgan fingerprint density at radius 3 is 2.94 bits per heavy atom. The lowest BCUT2D eigenvalue weighted by Crippen LogP contribution is -2.03. The van der Waals surface area contributed by atoms with Gasteiger partial charge in [0, 0.05) is 11.3 Å². The van der Waals surface area contributed by atoms with E-state index in [1.807, 2.05) is 31.2 Å². The van der Waals surface area contributed by atoms with Gasteiger partial charge in [-0.1, -0.05) is 6.07 Å². The Morgan fingerprint density at radius 1 is 1.41 bits per heavy atom. The molecule has 0 aromatic heterocycles. The minimum atomic E-state index is -0.112. The van der Waals surface area contributed by atoms with Crippen molar-refractivity contribution >= 4 is 17.7 Å². The maximum absolute atomic E-state index is 11.1. The zero-order valence-corrected chi connectivity index (χ0v) is 11.1. The number of thioether (sulfide) groups is 1. The Labute approximate surface area is 106 Å². The van der Waals surface area contributed by atoms with Crippen molar-refractivity contribution in [2.45, 2.75) is 24.7 Å². The first-order valence-corrected chi connectivity index (χ1v) is 6.67. The number of carbonyl (C=O) groups excluding carboxylic acids is 1. The number of hydrogen-bond acceptors (Lipinski definition) is 4. The molecule has 0 unspecified atom stereocenters. The molecule has 17 heavy (non-hydrogen) atoms. The highest BCUT2D eigenvalue weighted by atomic mass is 32.2. The average Bonchev–Trinajstić information content (AvgIpc) is 2.35. The van der Waals surface area contributed by atoms with E-state index in [9.17, 15) is 4.79 Å². The zero-order chi connectivity index (χ0) is 12.5. The number of benzene rings is 1. The van der Waals surface area contributed by atoms with E-state index in [0.29, 0.717) is 13.0 Å². The van der Waals surface area contributed by atoms with Gasteiger partial charge in [0.2, 0.25) is 0 Å². The molecule has 94 valence electrons. The molecule has 3 nitrogen and oxygen atoms in total. The zero-order valence-electron chi connectivity index (χ0n) is 10.3. The van der Waals surface area contributed by atoms with Gasteiger partial charge in [0.25, 0.3) is 0 Å². The van der Waals surface area contributed by atoms with E-state index < -0.39 is 0 Å². The number of carbonyl (C=O) groups is 1. The van der Waals surface area contributed by atoms with Gasteiger partial charge in [-0.15, -0.1) is 11.8 Å². The van der Waals surface area contributed by atoms with Crippen LogP contribution in [-0.2, 0) is 9.53 Å². The molecule has 0 atom stereocenters. The smallest absolute Gasteiger partial charge is 0.305 e. The van der Waals surface area contributed by atoms with Crippen molar-refractivity contribution in [3.8, 4) is 5.75 Å². The van der Waals surface area contributed by atoms with Gasteiger partial charge in [0.1, 0.15) is 5.75 Å². The topological polar surface area (TPSA) is 35.5 Å². The Hall–Kier alpha value is -1.16. The summed E-state index contributed by atoms with van der Waals surface area (Å²) in [4.78, 5) is 12.3. The quantitative estimate of drug-likeness (QED) is 0.425. The first-order valence-electron chi connectivity index (χ1n) is 5.68. The van der Waals surface area contributed by atoms with Crippen LogP contribution in [0.5, 0.6) is 5.75 Å².